The highest BCUT2D eigenvalue weighted by Crippen LogP contribution is 2.40. The van der Waals surface area contributed by atoms with Crippen LogP contribution in [0.25, 0.3) is 11.1 Å². The molecule has 2 saturated heterocycles. The van der Waals surface area contributed by atoms with Crippen molar-refractivity contribution in [1.82, 2.24) is 14.4 Å². The first-order valence-corrected chi connectivity index (χ1v) is 15.8. The zero-order valence-electron chi connectivity index (χ0n) is 23.6. The first-order chi connectivity index (χ1) is 20.3. The second kappa shape index (κ2) is 11.9. The van der Waals surface area contributed by atoms with Gasteiger partial charge in [0.25, 0.3) is 17.1 Å². The number of thioether (sulfide) groups is 1. The Hall–Kier alpha value is -3.67. The normalized spacial score (nSPS) is 18.1. The van der Waals surface area contributed by atoms with Crippen LogP contribution >= 0.6 is 23.1 Å². The third-order valence-electron chi connectivity index (χ3n) is 7.90. The molecule has 218 valence electrons. The molecule has 3 aliphatic rings. The fraction of sp³-hybridized carbons (Fsp3) is 0.355. The number of morpholine rings is 1. The average Bonchev–Trinajstić information content (AvgIpc) is 3.60. The molecule has 9 nitrogen and oxygen atoms in total. The summed E-state index contributed by atoms with van der Waals surface area (Å²) in [7, 11) is 0. The third kappa shape index (κ3) is 5.44. The molecule has 4 amide bonds. The van der Waals surface area contributed by atoms with Gasteiger partial charge in [-0.3, -0.25) is 24.1 Å². The largest absolute Gasteiger partial charge is 0.378 e. The van der Waals surface area contributed by atoms with Crippen molar-refractivity contribution < 1.29 is 23.9 Å². The highest BCUT2D eigenvalue weighted by atomic mass is 32.2. The second-order valence-electron chi connectivity index (χ2n) is 10.6. The number of anilines is 1. The van der Waals surface area contributed by atoms with Gasteiger partial charge in [0.05, 0.1) is 23.7 Å². The Morgan fingerprint density at radius 1 is 1.05 bits per heavy atom. The van der Waals surface area contributed by atoms with Crippen LogP contribution in [0, 0.1) is 13.8 Å². The van der Waals surface area contributed by atoms with Crippen molar-refractivity contribution in [3.63, 3.8) is 0 Å². The fourth-order valence-corrected chi connectivity index (χ4v) is 8.06. The molecule has 1 aliphatic carbocycles. The first kappa shape index (κ1) is 28.4. The quantitative estimate of drug-likeness (QED) is 0.389. The fourth-order valence-electron chi connectivity index (χ4n) is 5.73. The standard InChI is InChI=1S/C31H32N4O5S2/c1-19-16-21(17-25-29(38)34(31(39)42-25)18-26(36)33-12-14-40-15-13-33)20(2)35(19)30-27(23-10-6-7-11-24(23)41-30)28(37)32-22-8-4-3-5-9-22/h3-5,8-9,16-17H,6-7,10-15,18H2,1-2H3,(H,32,37)/b25-17+. The molecule has 2 aliphatic heterocycles. The zero-order valence-corrected chi connectivity index (χ0v) is 25.2. The molecular formula is C31H32N4O5S2. The summed E-state index contributed by atoms with van der Waals surface area (Å²) in [5, 5.41) is 3.50. The van der Waals surface area contributed by atoms with Gasteiger partial charge in [-0.1, -0.05) is 18.2 Å². The van der Waals surface area contributed by atoms with E-state index in [1.54, 1.807) is 22.3 Å². The number of carbonyl (C=O) groups excluding carboxylic acids is 4. The van der Waals surface area contributed by atoms with E-state index in [0.29, 0.717) is 31.9 Å². The number of thiophene rings is 1. The molecule has 1 N–H and O–H groups in total. The molecule has 4 heterocycles. The van der Waals surface area contributed by atoms with E-state index in [0.717, 1.165) is 75.5 Å². The smallest absolute Gasteiger partial charge is 0.294 e. The predicted octanol–water partition coefficient (Wildman–Crippen LogP) is 5.18. The summed E-state index contributed by atoms with van der Waals surface area (Å²) in [5.74, 6) is -0.857. The van der Waals surface area contributed by atoms with E-state index in [1.165, 1.54) is 4.88 Å². The lowest BCUT2D eigenvalue weighted by atomic mass is 9.95. The monoisotopic (exact) mass is 604 g/mol. The first-order valence-electron chi connectivity index (χ1n) is 14.1. The Kier molecular flexibility index (Phi) is 8.06. The summed E-state index contributed by atoms with van der Waals surface area (Å²) in [6.45, 7) is 5.47. The minimum absolute atomic E-state index is 0.129. The Balaban J connectivity index is 1.30. The minimum Gasteiger partial charge on any atom is -0.378 e. The van der Waals surface area contributed by atoms with Crippen LogP contribution in [0.4, 0.5) is 10.5 Å². The Morgan fingerprint density at radius 2 is 1.79 bits per heavy atom. The van der Waals surface area contributed by atoms with Gasteiger partial charge in [0, 0.05) is 35.0 Å². The van der Waals surface area contributed by atoms with E-state index in [2.05, 4.69) is 9.88 Å². The summed E-state index contributed by atoms with van der Waals surface area (Å²) < 4.78 is 7.38. The molecule has 3 aromatic rings. The van der Waals surface area contributed by atoms with Gasteiger partial charge in [-0.2, -0.15) is 0 Å². The maximum atomic E-state index is 13.7. The third-order valence-corrected chi connectivity index (χ3v) is 10.1. The number of carbonyl (C=O) groups is 4. The minimum atomic E-state index is -0.467. The maximum absolute atomic E-state index is 13.7. The Bertz CT molecular complexity index is 1600. The number of aryl methyl sites for hydroxylation is 2. The molecule has 2 fully saturated rings. The number of amides is 4. The van der Waals surface area contributed by atoms with E-state index in [1.807, 2.05) is 50.2 Å². The Morgan fingerprint density at radius 3 is 2.55 bits per heavy atom. The number of ether oxygens (including phenoxy) is 1. The van der Waals surface area contributed by atoms with Gasteiger partial charge in [0.1, 0.15) is 11.5 Å². The number of fused-ring (bicyclic) bond motifs is 1. The van der Waals surface area contributed by atoms with Gasteiger partial charge >= 0.3 is 0 Å². The van der Waals surface area contributed by atoms with Crippen LogP contribution in [-0.2, 0) is 27.2 Å². The molecular weight excluding hydrogens is 572 g/mol. The summed E-state index contributed by atoms with van der Waals surface area (Å²) in [6.07, 6.45) is 5.69. The topological polar surface area (TPSA) is 101 Å². The summed E-state index contributed by atoms with van der Waals surface area (Å²) in [6, 6.07) is 11.4. The number of nitrogens with one attached hydrogen (secondary N) is 1. The van der Waals surface area contributed by atoms with Crippen LogP contribution in [0.3, 0.4) is 0 Å². The van der Waals surface area contributed by atoms with Crippen molar-refractivity contribution >= 4 is 57.8 Å². The van der Waals surface area contributed by atoms with Gasteiger partial charge in [-0.25, -0.2) is 0 Å². The van der Waals surface area contributed by atoms with Gasteiger partial charge in [0.2, 0.25) is 5.91 Å². The van der Waals surface area contributed by atoms with Crippen LogP contribution in [0.5, 0.6) is 0 Å². The van der Waals surface area contributed by atoms with E-state index >= 15 is 0 Å². The lowest BCUT2D eigenvalue weighted by Gasteiger charge is -2.28. The van der Waals surface area contributed by atoms with Crippen LogP contribution < -0.4 is 5.32 Å². The number of para-hydroxylation sites is 1. The van der Waals surface area contributed by atoms with Crippen LogP contribution in [-0.4, -0.2) is 70.2 Å². The van der Waals surface area contributed by atoms with Crippen molar-refractivity contribution in [2.45, 2.75) is 39.5 Å². The molecule has 1 aromatic carbocycles. The zero-order chi connectivity index (χ0) is 29.4. The molecule has 0 atom stereocenters. The van der Waals surface area contributed by atoms with Crippen molar-refractivity contribution in [2.75, 3.05) is 38.2 Å². The molecule has 6 rings (SSSR count). The van der Waals surface area contributed by atoms with Gasteiger partial charge < -0.3 is 19.5 Å². The van der Waals surface area contributed by atoms with Crippen LogP contribution in [0.1, 0.15) is 50.6 Å². The van der Waals surface area contributed by atoms with E-state index < -0.39 is 11.1 Å². The number of rotatable bonds is 6. The summed E-state index contributed by atoms with van der Waals surface area (Å²) >= 11 is 2.50. The molecule has 0 unspecified atom stereocenters. The summed E-state index contributed by atoms with van der Waals surface area (Å²) in [5.41, 5.74) is 5.15. The molecule has 0 bridgehead atoms. The van der Waals surface area contributed by atoms with Gasteiger partial charge in [-0.15, -0.1) is 11.3 Å². The van der Waals surface area contributed by atoms with Crippen LogP contribution in [0.2, 0.25) is 0 Å². The molecule has 0 radical (unpaired) electrons. The number of aromatic nitrogens is 1. The van der Waals surface area contributed by atoms with Crippen molar-refractivity contribution in [1.29, 1.82) is 0 Å². The molecule has 2 aromatic heterocycles. The predicted molar refractivity (Wildman–Crippen MR) is 164 cm³/mol. The molecule has 11 heteroatoms. The number of benzene rings is 1. The van der Waals surface area contributed by atoms with Crippen molar-refractivity contribution in [3.8, 4) is 5.00 Å². The Labute approximate surface area is 252 Å². The summed E-state index contributed by atoms with van der Waals surface area (Å²) in [4.78, 5) is 56.6. The average molecular weight is 605 g/mol. The van der Waals surface area contributed by atoms with E-state index in [4.69, 9.17) is 4.74 Å². The SMILES string of the molecule is Cc1cc(/C=C2/SC(=O)N(CC(=O)N3CCOCC3)C2=O)c(C)n1-c1sc2c(c1C(=O)Nc1ccccc1)CCCC2. The lowest BCUT2D eigenvalue weighted by molar-refractivity contribution is -0.139. The van der Waals surface area contributed by atoms with Crippen molar-refractivity contribution in [3.05, 3.63) is 74.3 Å². The molecule has 42 heavy (non-hydrogen) atoms. The maximum Gasteiger partial charge on any atom is 0.294 e. The van der Waals surface area contributed by atoms with Crippen LogP contribution in [0.15, 0.2) is 41.3 Å². The number of nitrogens with zero attached hydrogens (tertiary/aromatic N) is 3. The van der Waals surface area contributed by atoms with E-state index in [9.17, 15) is 19.2 Å². The number of hydrogen-bond acceptors (Lipinski definition) is 7. The molecule has 0 spiro atoms. The highest BCUT2D eigenvalue weighted by Gasteiger charge is 2.37. The highest BCUT2D eigenvalue weighted by molar-refractivity contribution is 8.18. The lowest BCUT2D eigenvalue weighted by Crippen LogP contribution is -2.46. The molecule has 0 saturated carbocycles. The van der Waals surface area contributed by atoms with Gasteiger partial charge in [0.15, 0.2) is 0 Å². The van der Waals surface area contributed by atoms with Gasteiger partial charge in [-0.05, 0) is 86.7 Å². The number of imide groups is 1. The van der Waals surface area contributed by atoms with Crippen molar-refractivity contribution in [2.24, 2.45) is 0 Å². The second-order valence-corrected chi connectivity index (χ2v) is 12.7. The van der Waals surface area contributed by atoms with E-state index in [-0.39, 0.29) is 23.3 Å². The number of hydrogen-bond donors (Lipinski definition) is 1.